The molecule has 140 valence electrons. The Labute approximate surface area is 151 Å². The van der Waals surface area contributed by atoms with Crippen molar-refractivity contribution in [1.82, 2.24) is 10.6 Å². The van der Waals surface area contributed by atoms with Gasteiger partial charge in [0, 0.05) is 18.4 Å². The minimum atomic E-state index is -0.666. The van der Waals surface area contributed by atoms with Crippen molar-refractivity contribution in [3.8, 4) is 0 Å². The molecule has 5 nitrogen and oxygen atoms in total. The first-order valence-corrected chi connectivity index (χ1v) is 9.50. The second kappa shape index (κ2) is 7.37. The van der Waals surface area contributed by atoms with E-state index in [1.807, 2.05) is 12.1 Å². The second-order valence-corrected chi connectivity index (χ2v) is 7.57. The normalized spacial score (nSPS) is 23.8. The Bertz CT molecular complexity index is 798. The molecule has 2 aromatic rings. The van der Waals surface area contributed by atoms with Crippen LogP contribution < -0.4 is 10.6 Å². The number of hydrogen-bond acceptors (Lipinski definition) is 4. The summed E-state index contributed by atoms with van der Waals surface area (Å²) >= 11 is 0. The largest absolute Gasteiger partial charge is 0.458 e. The molecule has 26 heavy (non-hydrogen) atoms. The van der Waals surface area contributed by atoms with Gasteiger partial charge in [-0.1, -0.05) is 25.7 Å². The minimum Gasteiger partial charge on any atom is -0.458 e. The maximum absolute atomic E-state index is 14.4. The Morgan fingerprint density at radius 3 is 2.81 bits per heavy atom. The number of hydrogen-bond donors (Lipinski definition) is 3. The number of rotatable bonds is 5. The van der Waals surface area contributed by atoms with Crippen molar-refractivity contribution in [3.63, 3.8) is 0 Å². The van der Waals surface area contributed by atoms with Crippen LogP contribution in [0.3, 0.4) is 0 Å². The monoisotopic (exact) mass is 360 g/mol. The molecule has 1 aromatic carbocycles. The Morgan fingerprint density at radius 2 is 2.08 bits per heavy atom. The highest BCUT2D eigenvalue weighted by Crippen LogP contribution is 2.31. The van der Waals surface area contributed by atoms with Gasteiger partial charge in [0.1, 0.15) is 11.8 Å². The molecule has 0 radical (unpaired) electrons. The summed E-state index contributed by atoms with van der Waals surface area (Å²) in [5.74, 6) is 0.820. The van der Waals surface area contributed by atoms with E-state index in [2.05, 4.69) is 10.6 Å². The number of halogens is 1. The summed E-state index contributed by atoms with van der Waals surface area (Å²) < 4.78 is 20.1. The van der Waals surface area contributed by atoms with Crippen LogP contribution in [0.4, 0.5) is 4.39 Å². The third-order valence-corrected chi connectivity index (χ3v) is 5.58. The SMILES string of the molecule is O=C(NCc1cc(F)c2oc(CC3CCCC3)cc2c1)[C@H]1NCC[C@@H]1O. The first kappa shape index (κ1) is 17.5. The van der Waals surface area contributed by atoms with Crippen LogP contribution in [0.15, 0.2) is 22.6 Å². The maximum Gasteiger partial charge on any atom is 0.240 e. The van der Waals surface area contributed by atoms with Crippen LogP contribution in [0.2, 0.25) is 0 Å². The highest BCUT2D eigenvalue weighted by molar-refractivity contribution is 5.83. The van der Waals surface area contributed by atoms with E-state index < -0.39 is 18.0 Å². The summed E-state index contributed by atoms with van der Waals surface area (Å²) in [6.45, 7) is 0.846. The van der Waals surface area contributed by atoms with Crippen molar-refractivity contribution in [1.29, 1.82) is 0 Å². The number of carbonyl (C=O) groups is 1. The highest BCUT2D eigenvalue weighted by atomic mass is 19.1. The lowest BCUT2D eigenvalue weighted by Gasteiger charge is -2.14. The summed E-state index contributed by atoms with van der Waals surface area (Å²) in [6, 6.07) is 4.60. The smallest absolute Gasteiger partial charge is 0.240 e. The summed E-state index contributed by atoms with van der Waals surface area (Å²) in [6.07, 6.45) is 5.75. The number of aliphatic hydroxyl groups excluding tert-OH is 1. The van der Waals surface area contributed by atoms with Gasteiger partial charge in [-0.15, -0.1) is 0 Å². The number of nitrogens with one attached hydrogen (secondary N) is 2. The van der Waals surface area contributed by atoms with Crippen molar-refractivity contribution in [2.75, 3.05) is 6.54 Å². The lowest BCUT2D eigenvalue weighted by Crippen LogP contribution is -2.45. The van der Waals surface area contributed by atoms with Gasteiger partial charge in [-0.05, 0) is 42.6 Å². The fourth-order valence-electron chi connectivity index (χ4n) is 4.18. The molecule has 2 aliphatic rings. The molecule has 1 amide bonds. The number of furan rings is 1. The van der Waals surface area contributed by atoms with Crippen LogP contribution in [-0.2, 0) is 17.8 Å². The molecule has 0 unspecified atom stereocenters. The summed E-state index contributed by atoms with van der Waals surface area (Å²) in [5.41, 5.74) is 0.977. The first-order valence-electron chi connectivity index (χ1n) is 9.50. The molecule has 6 heteroatoms. The van der Waals surface area contributed by atoms with E-state index in [1.165, 1.54) is 31.7 Å². The molecule has 1 saturated heterocycles. The van der Waals surface area contributed by atoms with E-state index in [9.17, 15) is 14.3 Å². The predicted molar refractivity (Wildman–Crippen MR) is 96.1 cm³/mol. The Morgan fingerprint density at radius 1 is 1.27 bits per heavy atom. The zero-order valence-electron chi connectivity index (χ0n) is 14.8. The number of benzene rings is 1. The molecule has 1 aliphatic carbocycles. The highest BCUT2D eigenvalue weighted by Gasteiger charge is 2.30. The van der Waals surface area contributed by atoms with E-state index in [0.717, 1.165) is 17.6 Å². The third-order valence-electron chi connectivity index (χ3n) is 5.58. The topological polar surface area (TPSA) is 74.5 Å². The van der Waals surface area contributed by atoms with Crippen LogP contribution in [0.25, 0.3) is 11.0 Å². The van der Waals surface area contributed by atoms with E-state index in [-0.39, 0.29) is 12.5 Å². The van der Waals surface area contributed by atoms with Crippen LogP contribution in [0, 0.1) is 11.7 Å². The van der Waals surface area contributed by atoms with Gasteiger partial charge >= 0.3 is 0 Å². The van der Waals surface area contributed by atoms with Crippen molar-refractivity contribution < 1.29 is 18.7 Å². The van der Waals surface area contributed by atoms with Crippen molar-refractivity contribution in [2.45, 2.75) is 57.2 Å². The number of fused-ring (bicyclic) bond motifs is 1. The van der Waals surface area contributed by atoms with Crippen LogP contribution in [0.5, 0.6) is 0 Å². The Balaban J connectivity index is 1.44. The Kier molecular flexibility index (Phi) is 4.96. The quantitative estimate of drug-likeness (QED) is 0.766. The van der Waals surface area contributed by atoms with Gasteiger partial charge in [-0.3, -0.25) is 4.79 Å². The average molecular weight is 360 g/mol. The third kappa shape index (κ3) is 3.62. The molecule has 3 N–H and O–H groups in total. The number of carbonyl (C=O) groups excluding carboxylic acids is 1. The zero-order valence-corrected chi connectivity index (χ0v) is 14.8. The maximum atomic E-state index is 14.4. The molecule has 2 heterocycles. The number of amides is 1. The van der Waals surface area contributed by atoms with E-state index in [4.69, 9.17) is 4.42 Å². The average Bonchev–Trinajstić information content (AvgIpc) is 3.34. The summed E-state index contributed by atoms with van der Waals surface area (Å²) in [4.78, 5) is 12.1. The molecule has 2 atom stereocenters. The zero-order chi connectivity index (χ0) is 18.1. The van der Waals surface area contributed by atoms with Gasteiger partial charge in [0.15, 0.2) is 11.4 Å². The van der Waals surface area contributed by atoms with Gasteiger partial charge in [0.2, 0.25) is 5.91 Å². The van der Waals surface area contributed by atoms with Crippen molar-refractivity contribution >= 4 is 16.9 Å². The molecule has 2 fully saturated rings. The van der Waals surface area contributed by atoms with Gasteiger partial charge in [-0.25, -0.2) is 4.39 Å². The first-order chi connectivity index (χ1) is 12.6. The fourth-order valence-corrected chi connectivity index (χ4v) is 4.18. The van der Waals surface area contributed by atoms with Gasteiger partial charge in [0.25, 0.3) is 0 Å². The lowest BCUT2D eigenvalue weighted by atomic mass is 10.0. The van der Waals surface area contributed by atoms with E-state index in [0.29, 0.717) is 30.0 Å². The van der Waals surface area contributed by atoms with Crippen LogP contribution in [0.1, 0.15) is 43.4 Å². The predicted octanol–water partition coefficient (Wildman–Crippen LogP) is 2.64. The molecule has 1 saturated carbocycles. The molecule has 0 spiro atoms. The summed E-state index contributed by atoms with van der Waals surface area (Å²) in [5, 5.41) is 16.2. The number of aliphatic hydroxyl groups is 1. The molecule has 1 aliphatic heterocycles. The van der Waals surface area contributed by atoms with E-state index in [1.54, 1.807) is 0 Å². The van der Waals surface area contributed by atoms with Crippen molar-refractivity contribution in [3.05, 3.63) is 35.3 Å². The summed E-state index contributed by atoms with van der Waals surface area (Å²) in [7, 11) is 0. The van der Waals surface area contributed by atoms with Crippen LogP contribution in [-0.4, -0.2) is 29.7 Å². The van der Waals surface area contributed by atoms with E-state index >= 15 is 0 Å². The van der Waals surface area contributed by atoms with Gasteiger partial charge in [0.05, 0.1) is 6.10 Å². The fraction of sp³-hybridized carbons (Fsp3) is 0.550. The molecule has 0 bridgehead atoms. The Hall–Kier alpha value is -1.92. The minimum absolute atomic E-state index is 0.222. The lowest BCUT2D eigenvalue weighted by molar-refractivity contribution is -0.124. The molecule has 1 aromatic heterocycles. The second-order valence-electron chi connectivity index (χ2n) is 7.57. The van der Waals surface area contributed by atoms with Gasteiger partial charge < -0.3 is 20.2 Å². The van der Waals surface area contributed by atoms with Crippen LogP contribution >= 0.6 is 0 Å². The molecular weight excluding hydrogens is 335 g/mol. The van der Waals surface area contributed by atoms with Crippen molar-refractivity contribution in [2.24, 2.45) is 5.92 Å². The molecular formula is C20H25FN2O3. The van der Waals surface area contributed by atoms with Gasteiger partial charge in [-0.2, -0.15) is 0 Å². The molecule has 4 rings (SSSR count). The standard InChI is InChI=1S/C20H25FN2O3/c21-16-9-13(11-23-20(25)18-17(24)5-6-22-18)7-14-10-15(26-19(14)16)8-12-3-1-2-4-12/h7,9-10,12,17-18,22,24H,1-6,8,11H2,(H,23,25)/t17-,18-/m0/s1.